The van der Waals surface area contributed by atoms with Gasteiger partial charge in [0, 0.05) is 31.1 Å². The summed E-state index contributed by atoms with van der Waals surface area (Å²) in [7, 11) is 0. The second-order valence-corrected chi connectivity index (χ2v) is 8.83. The molecule has 0 aliphatic rings. The molecule has 0 aromatic carbocycles. The number of nitrogens with one attached hydrogen (secondary N) is 3. The number of rotatable bonds is 17. The van der Waals surface area contributed by atoms with Crippen molar-refractivity contribution >= 4 is 42.3 Å². The smallest absolute Gasteiger partial charge is 0.326 e. The number of pyridine rings is 1. The molecule has 10 N–H and O–H groups in total. The largest absolute Gasteiger partial charge is 0.480 e. The fourth-order valence-electron chi connectivity index (χ4n) is 3.30. The number of aliphatic carboxylic acids is 1. The maximum atomic E-state index is 13.0. The van der Waals surface area contributed by atoms with Crippen LogP contribution in [0.1, 0.15) is 44.6 Å². The van der Waals surface area contributed by atoms with Crippen LogP contribution >= 0.6 is 12.6 Å². The number of nitrogens with two attached hydrogens (primary N) is 3. The highest BCUT2D eigenvalue weighted by atomic mass is 32.1. The third kappa shape index (κ3) is 12.4. The van der Waals surface area contributed by atoms with Crippen molar-refractivity contribution in [2.45, 2.75) is 69.6 Å². The summed E-state index contributed by atoms with van der Waals surface area (Å²) in [6, 6.07) is -0.812. The van der Waals surface area contributed by atoms with E-state index in [0.29, 0.717) is 37.8 Å². The van der Waals surface area contributed by atoms with Crippen molar-refractivity contribution in [3.05, 3.63) is 30.1 Å². The minimum Gasteiger partial charge on any atom is -0.480 e. The Balaban J connectivity index is 2.78. The number of hydrogen-bond donors (Lipinski definition) is 8. The van der Waals surface area contributed by atoms with E-state index < -0.39 is 47.9 Å². The zero-order chi connectivity index (χ0) is 27.8. The molecule has 1 rings (SSSR count). The number of guanidine groups is 1. The number of thiol groups is 1. The molecule has 1 heterocycles. The number of carboxylic acid groups (broad SMARTS) is 1. The Hall–Kier alpha value is -3.39. The Morgan fingerprint density at radius 3 is 2.24 bits per heavy atom. The molecule has 1 aromatic heterocycles. The molecule has 0 unspecified atom stereocenters. The zero-order valence-electron chi connectivity index (χ0n) is 20.9. The van der Waals surface area contributed by atoms with Gasteiger partial charge in [0.1, 0.15) is 18.1 Å². The quantitative estimate of drug-likeness (QED) is 0.0507. The lowest BCUT2D eigenvalue weighted by Crippen LogP contribution is -2.57. The Bertz CT molecular complexity index is 914. The minimum atomic E-state index is -1.23. The van der Waals surface area contributed by atoms with Gasteiger partial charge < -0.3 is 38.3 Å². The first-order valence-corrected chi connectivity index (χ1v) is 12.7. The van der Waals surface area contributed by atoms with Gasteiger partial charge in [-0.05, 0) is 30.9 Å². The van der Waals surface area contributed by atoms with Gasteiger partial charge in [-0.1, -0.05) is 25.8 Å². The van der Waals surface area contributed by atoms with E-state index in [1.807, 2.05) is 6.92 Å². The van der Waals surface area contributed by atoms with Crippen molar-refractivity contribution in [1.29, 1.82) is 0 Å². The highest BCUT2D eigenvalue weighted by Crippen LogP contribution is 2.06. The Morgan fingerprint density at radius 2 is 1.68 bits per heavy atom. The van der Waals surface area contributed by atoms with Crippen molar-refractivity contribution in [3.63, 3.8) is 0 Å². The summed E-state index contributed by atoms with van der Waals surface area (Å²) in [5.74, 6) is -3.20. The third-order valence-corrected chi connectivity index (χ3v) is 5.74. The van der Waals surface area contributed by atoms with Crippen LogP contribution in [-0.2, 0) is 25.6 Å². The highest BCUT2D eigenvalue weighted by molar-refractivity contribution is 7.80. The number of amides is 3. The highest BCUT2D eigenvalue weighted by Gasteiger charge is 2.29. The zero-order valence-corrected chi connectivity index (χ0v) is 21.8. The van der Waals surface area contributed by atoms with E-state index in [0.717, 1.165) is 6.42 Å². The van der Waals surface area contributed by atoms with Crippen LogP contribution in [0.15, 0.2) is 29.5 Å². The minimum absolute atomic E-state index is 0.0123. The predicted molar refractivity (Wildman–Crippen MR) is 143 cm³/mol. The predicted octanol–water partition coefficient (Wildman–Crippen LogP) is -1.34. The first-order chi connectivity index (χ1) is 17.6. The lowest BCUT2D eigenvalue weighted by atomic mass is 10.1. The van der Waals surface area contributed by atoms with Gasteiger partial charge in [0.15, 0.2) is 5.96 Å². The van der Waals surface area contributed by atoms with Crippen LogP contribution in [0.3, 0.4) is 0 Å². The van der Waals surface area contributed by atoms with Crippen LogP contribution in [0.5, 0.6) is 0 Å². The Kier molecular flexibility index (Phi) is 14.7. The molecule has 13 nitrogen and oxygen atoms in total. The molecule has 14 heteroatoms. The molecule has 0 aliphatic carbocycles. The summed E-state index contributed by atoms with van der Waals surface area (Å²) in [5, 5.41) is 17.2. The van der Waals surface area contributed by atoms with Crippen molar-refractivity contribution in [2.75, 3.05) is 12.3 Å². The summed E-state index contributed by atoms with van der Waals surface area (Å²) in [6.45, 7) is 2.25. The van der Waals surface area contributed by atoms with Crippen molar-refractivity contribution in [3.8, 4) is 0 Å². The van der Waals surface area contributed by atoms with E-state index in [-0.39, 0.29) is 18.1 Å². The van der Waals surface area contributed by atoms with Gasteiger partial charge in [-0.25, -0.2) is 4.79 Å². The molecule has 4 atom stereocenters. The molecule has 0 saturated carbocycles. The van der Waals surface area contributed by atoms with Gasteiger partial charge in [0.2, 0.25) is 17.7 Å². The number of carbonyl (C=O) groups excluding carboxylic acids is 3. The lowest BCUT2D eigenvalue weighted by molar-refractivity contribution is -0.142. The topological polar surface area (TPSA) is 228 Å². The van der Waals surface area contributed by atoms with Crippen LogP contribution in [0.25, 0.3) is 0 Å². The van der Waals surface area contributed by atoms with Crippen molar-refractivity contribution < 1.29 is 24.3 Å². The average Bonchev–Trinajstić information content (AvgIpc) is 2.86. The summed E-state index contributed by atoms with van der Waals surface area (Å²) < 4.78 is 0. The molecular formula is C23H38N8O5S. The van der Waals surface area contributed by atoms with Gasteiger partial charge in [-0.15, -0.1) is 0 Å². The maximum absolute atomic E-state index is 13.0. The number of nitrogens with zero attached hydrogens (tertiary/aromatic N) is 2. The third-order valence-electron chi connectivity index (χ3n) is 5.38. The molecule has 206 valence electrons. The summed E-state index contributed by atoms with van der Waals surface area (Å²) in [6.07, 6.45) is 5.60. The fraction of sp³-hybridized carbons (Fsp3) is 0.565. The normalized spacial score (nSPS) is 13.9. The van der Waals surface area contributed by atoms with Gasteiger partial charge in [0.05, 0.1) is 6.04 Å². The van der Waals surface area contributed by atoms with E-state index in [9.17, 15) is 24.3 Å². The Labute approximate surface area is 221 Å². The summed E-state index contributed by atoms with van der Waals surface area (Å²) in [4.78, 5) is 57.8. The van der Waals surface area contributed by atoms with Gasteiger partial charge in [0.25, 0.3) is 0 Å². The molecular weight excluding hydrogens is 500 g/mol. The average molecular weight is 539 g/mol. The van der Waals surface area contributed by atoms with Gasteiger partial charge in [-0.2, -0.15) is 12.6 Å². The molecule has 0 fully saturated rings. The molecule has 0 spiro atoms. The first-order valence-electron chi connectivity index (χ1n) is 12.0. The molecule has 0 saturated heterocycles. The van der Waals surface area contributed by atoms with Gasteiger partial charge >= 0.3 is 5.97 Å². The number of aliphatic imine (C=N–C) groups is 1. The van der Waals surface area contributed by atoms with E-state index in [1.165, 1.54) is 6.20 Å². The summed E-state index contributed by atoms with van der Waals surface area (Å²) >= 11 is 4.14. The van der Waals surface area contributed by atoms with Gasteiger partial charge in [-0.3, -0.25) is 24.4 Å². The number of carboxylic acids is 1. The number of carbonyl (C=O) groups is 4. The van der Waals surface area contributed by atoms with Crippen LogP contribution in [0, 0.1) is 0 Å². The van der Waals surface area contributed by atoms with E-state index in [2.05, 4.69) is 38.6 Å². The monoisotopic (exact) mass is 538 g/mol. The van der Waals surface area contributed by atoms with E-state index in [1.54, 1.807) is 18.3 Å². The Morgan fingerprint density at radius 1 is 1.03 bits per heavy atom. The second kappa shape index (κ2) is 17.1. The molecule has 0 bridgehead atoms. The standard InChI is InChI=1S/C23H38N8O5S/c1-2-3-8-16(29-19(32)15(24)7-5-10-28-23(25)26)20(33)31-18(13-37)21(34)30-17(22(35)36)11-14-6-4-9-27-12-14/h4,6,9,12,15-18,37H,2-3,5,7-8,10-11,13,24H2,1H3,(H,29,32)(H,30,34)(H,31,33)(H,35,36)(H4,25,26,28)/t15-,16-,17-,18-/m0/s1. The van der Waals surface area contributed by atoms with Crippen molar-refractivity contribution in [1.82, 2.24) is 20.9 Å². The first kappa shape index (κ1) is 31.6. The lowest BCUT2D eigenvalue weighted by Gasteiger charge is -2.24. The second-order valence-electron chi connectivity index (χ2n) is 8.47. The van der Waals surface area contributed by atoms with E-state index >= 15 is 0 Å². The number of unbranched alkanes of at least 4 members (excludes halogenated alkanes) is 1. The molecule has 3 amide bonds. The molecule has 0 radical (unpaired) electrons. The molecule has 0 aliphatic heterocycles. The molecule has 37 heavy (non-hydrogen) atoms. The van der Waals surface area contributed by atoms with Crippen LogP contribution < -0.4 is 33.2 Å². The van der Waals surface area contributed by atoms with Crippen LogP contribution in [-0.4, -0.2) is 76.2 Å². The maximum Gasteiger partial charge on any atom is 0.326 e. The van der Waals surface area contributed by atoms with Crippen molar-refractivity contribution in [2.24, 2.45) is 22.2 Å². The summed E-state index contributed by atoms with van der Waals surface area (Å²) in [5.41, 5.74) is 17.1. The SMILES string of the molecule is CCCC[C@H](NC(=O)[C@@H](N)CCCN=C(N)N)C(=O)N[C@@H](CS)C(=O)N[C@@H](Cc1cccnc1)C(=O)O. The fourth-order valence-corrected chi connectivity index (χ4v) is 3.56. The number of hydrogen-bond acceptors (Lipinski definition) is 8. The molecule has 1 aromatic rings. The van der Waals surface area contributed by atoms with E-state index in [4.69, 9.17) is 17.2 Å². The van der Waals surface area contributed by atoms with Crippen LogP contribution in [0.4, 0.5) is 0 Å². The number of aromatic nitrogens is 1. The van der Waals surface area contributed by atoms with Crippen LogP contribution in [0.2, 0.25) is 0 Å².